The van der Waals surface area contributed by atoms with Gasteiger partial charge < -0.3 is 5.73 Å². The second-order valence-electron chi connectivity index (χ2n) is 2.89. The molecular formula is C9H7N3O3. The molecule has 0 saturated heterocycles. The Labute approximate surface area is 85.1 Å². The zero-order valence-electron chi connectivity index (χ0n) is 7.85. The average molecular weight is 205 g/mol. The number of benzene rings is 1. The Morgan fingerprint density at radius 2 is 2.20 bits per heavy atom. The van der Waals surface area contributed by atoms with Crippen LogP contribution < -0.4 is 5.73 Å². The Bertz CT molecular complexity index is 488. The maximum atomic E-state index is 10.9. The maximum absolute atomic E-state index is 10.9. The largest absolute Gasteiger partial charge is 0.366 e. The zero-order valence-corrected chi connectivity index (χ0v) is 7.85. The Kier molecular flexibility index (Phi) is 2.67. The molecule has 0 atom stereocenters. The summed E-state index contributed by atoms with van der Waals surface area (Å²) < 4.78 is 0. The van der Waals surface area contributed by atoms with Gasteiger partial charge >= 0.3 is 0 Å². The lowest BCUT2D eigenvalue weighted by molar-refractivity contribution is -0.385. The summed E-state index contributed by atoms with van der Waals surface area (Å²) >= 11 is 0. The van der Waals surface area contributed by atoms with Crippen LogP contribution in [0.25, 0.3) is 0 Å². The van der Waals surface area contributed by atoms with E-state index in [1.54, 1.807) is 6.07 Å². The highest BCUT2D eigenvalue weighted by molar-refractivity contribution is 5.96. The van der Waals surface area contributed by atoms with Gasteiger partial charge in [-0.1, -0.05) is 6.07 Å². The van der Waals surface area contributed by atoms with Crippen LogP contribution in [0, 0.1) is 28.4 Å². The van der Waals surface area contributed by atoms with Gasteiger partial charge in [0, 0.05) is 5.56 Å². The number of rotatable bonds is 2. The van der Waals surface area contributed by atoms with E-state index < -0.39 is 10.8 Å². The van der Waals surface area contributed by atoms with E-state index in [-0.39, 0.29) is 16.8 Å². The third-order valence-corrected chi connectivity index (χ3v) is 1.94. The molecule has 6 heteroatoms. The molecule has 6 nitrogen and oxygen atoms in total. The molecule has 0 aliphatic rings. The number of hydrogen-bond acceptors (Lipinski definition) is 4. The van der Waals surface area contributed by atoms with E-state index in [1.165, 1.54) is 19.1 Å². The molecule has 76 valence electrons. The fourth-order valence-corrected chi connectivity index (χ4v) is 1.25. The predicted octanol–water partition coefficient (Wildman–Crippen LogP) is 0.874. The van der Waals surface area contributed by atoms with Crippen LogP contribution in [-0.4, -0.2) is 10.8 Å². The topological polar surface area (TPSA) is 110 Å². The van der Waals surface area contributed by atoms with Gasteiger partial charge in [0.25, 0.3) is 5.69 Å². The van der Waals surface area contributed by atoms with Gasteiger partial charge in [-0.05, 0) is 13.0 Å². The van der Waals surface area contributed by atoms with E-state index >= 15 is 0 Å². The second-order valence-corrected chi connectivity index (χ2v) is 2.89. The van der Waals surface area contributed by atoms with Gasteiger partial charge in [0.05, 0.1) is 10.5 Å². The fraction of sp³-hybridized carbons (Fsp3) is 0.111. The number of nitrogens with zero attached hydrogens (tertiary/aromatic N) is 2. The first-order chi connectivity index (χ1) is 6.99. The zero-order chi connectivity index (χ0) is 11.6. The smallest absolute Gasteiger partial charge is 0.290 e. The Balaban J connectivity index is 3.64. The minimum absolute atomic E-state index is 0.130. The van der Waals surface area contributed by atoms with Gasteiger partial charge in [0.15, 0.2) is 0 Å². The van der Waals surface area contributed by atoms with Gasteiger partial charge in [-0.3, -0.25) is 14.9 Å². The lowest BCUT2D eigenvalue weighted by Crippen LogP contribution is -2.14. The number of nitriles is 1. The number of nitro groups is 1. The molecule has 1 aromatic rings. The van der Waals surface area contributed by atoms with E-state index in [1.807, 2.05) is 0 Å². The first kappa shape index (κ1) is 10.7. The number of primary amides is 1. The molecule has 0 unspecified atom stereocenters. The first-order valence-corrected chi connectivity index (χ1v) is 3.97. The van der Waals surface area contributed by atoms with Crippen LogP contribution in [0.15, 0.2) is 12.1 Å². The second kappa shape index (κ2) is 3.75. The minimum atomic E-state index is -0.852. The molecule has 2 N–H and O–H groups in total. The van der Waals surface area contributed by atoms with Gasteiger partial charge in [-0.15, -0.1) is 0 Å². The molecule has 0 heterocycles. The van der Waals surface area contributed by atoms with Crippen molar-refractivity contribution in [1.29, 1.82) is 5.26 Å². The van der Waals surface area contributed by atoms with Crippen LogP contribution in [0.5, 0.6) is 0 Å². The number of carbonyl (C=O) groups is 1. The summed E-state index contributed by atoms with van der Waals surface area (Å²) in [5.74, 6) is -0.852. The van der Waals surface area contributed by atoms with Crippen LogP contribution in [0.3, 0.4) is 0 Å². The van der Waals surface area contributed by atoms with Crippen molar-refractivity contribution in [1.82, 2.24) is 0 Å². The predicted molar refractivity (Wildman–Crippen MR) is 51.1 cm³/mol. The summed E-state index contributed by atoms with van der Waals surface area (Å²) in [7, 11) is 0. The molecule has 1 amide bonds. The molecular weight excluding hydrogens is 198 g/mol. The molecule has 1 aromatic carbocycles. The molecule has 1 rings (SSSR count). The molecule has 0 aliphatic heterocycles. The standard InChI is InChI=1S/C9H7N3O3/c1-5-2-3-6(9(11)13)7(4-10)8(5)12(14)15/h2-3H,1H3,(H2,11,13). The molecule has 0 aliphatic carbocycles. The number of nitrogens with two attached hydrogens (primary N) is 1. The summed E-state index contributed by atoms with van der Waals surface area (Å²) in [6, 6.07) is 4.32. The highest BCUT2D eigenvalue weighted by atomic mass is 16.6. The van der Waals surface area contributed by atoms with Crippen LogP contribution in [0.4, 0.5) is 5.69 Å². The minimum Gasteiger partial charge on any atom is -0.366 e. The molecule has 0 fully saturated rings. The van der Waals surface area contributed by atoms with Crippen molar-refractivity contribution >= 4 is 11.6 Å². The number of hydrogen-bond donors (Lipinski definition) is 1. The third kappa shape index (κ3) is 1.76. The van der Waals surface area contributed by atoms with E-state index in [0.29, 0.717) is 5.56 Å². The van der Waals surface area contributed by atoms with Crippen molar-refractivity contribution in [2.45, 2.75) is 6.92 Å². The fourth-order valence-electron chi connectivity index (χ4n) is 1.25. The summed E-state index contributed by atoms with van der Waals surface area (Å²) in [6.45, 7) is 1.49. The van der Waals surface area contributed by atoms with Gasteiger partial charge in [0.1, 0.15) is 11.6 Å². The number of nitro benzene ring substituents is 1. The Hall–Kier alpha value is -2.42. The van der Waals surface area contributed by atoms with Crippen molar-refractivity contribution in [3.63, 3.8) is 0 Å². The van der Waals surface area contributed by atoms with Crippen LogP contribution in [0.2, 0.25) is 0 Å². The molecule has 0 bridgehead atoms. The summed E-state index contributed by atoms with van der Waals surface area (Å²) in [4.78, 5) is 20.9. The van der Waals surface area contributed by atoms with Crippen molar-refractivity contribution in [3.8, 4) is 6.07 Å². The molecule has 0 spiro atoms. The molecule has 0 aromatic heterocycles. The molecule has 0 saturated carbocycles. The van der Waals surface area contributed by atoms with E-state index in [0.717, 1.165) is 0 Å². The normalized spacial score (nSPS) is 9.33. The van der Waals surface area contributed by atoms with Crippen LogP contribution in [-0.2, 0) is 0 Å². The lowest BCUT2D eigenvalue weighted by atomic mass is 10.0. The number of amides is 1. The maximum Gasteiger partial charge on any atom is 0.290 e. The van der Waals surface area contributed by atoms with E-state index in [4.69, 9.17) is 11.0 Å². The van der Waals surface area contributed by atoms with Gasteiger partial charge in [-0.25, -0.2) is 0 Å². The molecule has 15 heavy (non-hydrogen) atoms. The summed E-state index contributed by atoms with van der Waals surface area (Å²) in [5.41, 5.74) is 4.54. The average Bonchev–Trinajstić information content (AvgIpc) is 2.15. The van der Waals surface area contributed by atoms with Crippen LogP contribution >= 0.6 is 0 Å². The number of aryl methyl sites for hydroxylation is 1. The third-order valence-electron chi connectivity index (χ3n) is 1.94. The van der Waals surface area contributed by atoms with Crippen molar-refractivity contribution < 1.29 is 9.72 Å². The highest BCUT2D eigenvalue weighted by Gasteiger charge is 2.22. The first-order valence-electron chi connectivity index (χ1n) is 3.97. The van der Waals surface area contributed by atoms with Crippen molar-refractivity contribution in [2.24, 2.45) is 5.73 Å². The number of carbonyl (C=O) groups excluding carboxylic acids is 1. The monoisotopic (exact) mass is 205 g/mol. The lowest BCUT2D eigenvalue weighted by Gasteiger charge is -2.02. The van der Waals surface area contributed by atoms with Gasteiger partial charge in [-0.2, -0.15) is 5.26 Å². The van der Waals surface area contributed by atoms with E-state index in [9.17, 15) is 14.9 Å². The summed E-state index contributed by atoms with van der Waals surface area (Å²) in [6.07, 6.45) is 0. The summed E-state index contributed by atoms with van der Waals surface area (Å²) in [5, 5.41) is 19.4. The van der Waals surface area contributed by atoms with E-state index in [2.05, 4.69) is 0 Å². The van der Waals surface area contributed by atoms with Crippen molar-refractivity contribution in [2.75, 3.05) is 0 Å². The highest BCUT2D eigenvalue weighted by Crippen LogP contribution is 2.25. The van der Waals surface area contributed by atoms with Crippen molar-refractivity contribution in [3.05, 3.63) is 38.9 Å². The Morgan fingerprint density at radius 1 is 1.60 bits per heavy atom. The van der Waals surface area contributed by atoms with Gasteiger partial charge in [0.2, 0.25) is 5.91 Å². The molecule has 0 radical (unpaired) electrons. The van der Waals surface area contributed by atoms with Crippen LogP contribution in [0.1, 0.15) is 21.5 Å². The quantitative estimate of drug-likeness (QED) is 0.570. The SMILES string of the molecule is Cc1ccc(C(N)=O)c(C#N)c1[N+](=O)[O-]. The Morgan fingerprint density at radius 3 is 2.60 bits per heavy atom.